The van der Waals surface area contributed by atoms with Crippen molar-refractivity contribution < 1.29 is 9.59 Å². The van der Waals surface area contributed by atoms with Crippen molar-refractivity contribution in [2.75, 3.05) is 31.3 Å². The number of likely N-dealkylation sites (N-methyl/N-ethyl adjacent to an activating group) is 1. The predicted molar refractivity (Wildman–Crippen MR) is 113 cm³/mol. The second kappa shape index (κ2) is 9.85. The quantitative estimate of drug-likeness (QED) is 0.686. The van der Waals surface area contributed by atoms with Gasteiger partial charge in [-0.15, -0.1) is 0 Å². The predicted octanol–water partition coefficient (Wildman–Crippen LogP) is 2.95. The Kier molecular flexibility index (Phi) is 7.52. The summed E-state index contributed by atoms with van der Waals surface area (Å²) < 4.78 is 0. The van der Waals surface area contributed by atoms with Crippen molar-refractivity contribution in [3.63, 3.8) is 0 Å². The first-order chi connectivity index (χ1) is 13.2. The molecule has 1 atom stereocenters. The van der Waals surface area contributed by atoms with Gasteiger partial charge in [0.1, 0.15) is 0 Å². The minimum atomic E-state index is -0.296. The molecule has 1 aromatic carbocycles. The molecule has 0 bridgehead atoms. The van der Waals surface area contributed by atoms with Crippen LogP contribution in [0.3, 0.4) is 0 Å². The third-order valence-corrected chi connectivity index (χ3v) is 4.22. The van der Waals surface area contributed by atoms with Crippen molar-refractivity contribution in [2.45, 2.75) is 33.2 Å². The van der Waals surface area contributed by atoms with E-state index in [4.69, 9.17) is 0 Å². The Morgan fingerprint density at radius 2 is 1.86 bits per heavy atom. The summed E-state index contributed by atoms with van der Waals surface area (Å²) in [7, 11) is 3.67. The minimum absolute atomic E-state index is 0.0710. The van der Waals surface area contributed by atoms with Crippen LogP contribution in [0.1, 0.15) is 23.7 Å². The van der Waals surface area contributed by atoms with Crippen LogP contribution in [0, 0.1) is 13.8 Å². The smallest absolute Gasteiger partial charge is 0.319 e. The molecular formula is C21H29N5O2. The van der Waals surface area contributed by atoms with Gasteiger partial charge in [-0.1, -0.05) is 12.1 Å². The van der Waals surface area contributed by atoms with Crippen molar-refractivity contribution >= 4 is 23.3 Å². The second-order valence-electron chi connectivity index (χ2n) is 7.29. The van der Waals surface area contributed by atoms with Crippen LogP contribution < -0.4 is 16.0 Å². The normalized spacial score (nSPS) is 11.8. The van der Waals surface area contributed by atoms with Gasteiger partial charge in [-0.05, 0) is 64.2 Å². The molecule has 1 heterocycles. The van der Waals surface area contributed by atoms with E-state index in [1.807, 2.05) is 59.1 Å². The third-order valence-electron chi connectivity index (χ3n) is 4.22. The summed E-state index contributed by atoms with van der Waals surface area (Å²) in [6.45, 7) is 6.15. The molecule has 7 nitrogen and oxygen atoms in total. The summed E-state index contributed by atoms with van der Waals surface area (Å²) in [5, 5.41) is 8.62. The number of amides is 3. The van der Waals surface area contributed by atoms with Crippen molar-refractivity contribution in [1.29, 1.82) is 0 Å². The number of anilines is 2. The van der Waals surface area contributed by atoms with E-state index in [9.17, 15) is 9.59 Å². The maximum atomic E-state index is 12.3. The van der Waals surface area contributed by atoms with E-state index >= 15 is 0 Å². The Hall–Kier alpha value is -2.93. The summed E-state index contributed by atoms with van der Waals surface area (Å²) in [5.41, 5.74) is 4.30. The minimum Gasteiger partial charge on any atom is -0.335 e. The van der Waals surface area contributed by atoms with Crippen LogP contribution in [-0.4, -0.2) is 48.5 Å². The molecule has 0 fully saturated rings. The molecule has 1 aromatic heterocycles. The lowest BCUT2D eigenvalue weighted by molar-refractivity contribution is -0.116. The lowest BCUT2D eigenvalue weighted by atomic mass is 10.1. The fourth-order valence-corrected chi connectivity index (χ4v) is 2.78. The van der Waals surface area contributed by atoms with Gasteiger partial charge >= 0.3 is 6.03 Å². The Morgan fingerprint density at radius 3 is 2.54 bits per heavy atom. The Bertz CT molecular complexity index is 835. The molecule has 0 saturated carbocycles. The van der Waals surface area contributed by atoms with Gasteiger partial charge < -0.3 is 20.9 Å². The molecule has 0 aliphatic rings. The number of pyridine rings is 1. The summed E-state index contributed by atoms with van der Waals surface area (Å²) in [6, 6.07) is 8.97. The molecule has 0 spiro atoms. The molecule has 1 unspecified atom stereocenters. The number of nitrogens with one attached hydrogen (secondary N) is 3. The number of carbonyl (C=O) groups is 2. The van der Waals surface area contributed by atoms with E-state index in [0.717, 1.165) is 16.8 Å². The number of hydrogen-bond acceptors (Lipinski definition) is 4. The SMILES string of the molecule is Cc1ccc(NC(=O)NC(C)Cc2ncccc2C)cc1NC(=O)CN(C)C. The highest BCUT2D eigenvalue weighted by atomic mass is 16.2. The van der Waals surface area contributed by atoms with E-state index in [0.29, 0.717) is 24.3 Å². The zero-order chi connectivity index (χ0) is 20.7. The van der Waals surface area contributed by atoms with Gasteiger partial charge in [-0.3, -0.25) is 9.78 Å². The van der Waals surface area contributed by atoms with Crippen LogP contribution >= 0.6 is 0 Å². The zero-order valence-corrected chi connectivity index (χ0v) is 17.2. The Morgan fingerprint density at radius 1 is 1.11 bits per heavy atom. The highest BCUT2D eigenvalue weighted by Gasteiger charge is 2.12. The number of rotatable bonds is 7. The second-order valence-corrected chi connectivity index (χ2v) is 7.29. The molecule has 0 aliphatic heterocycles. The van der Waals surface area contributed by atoms with Crippen LogP contribution in [0.4, 0.5) is 16.2 Å². The Balaban J connectivity index is 1.95. The maximum absolute atomic E-state index is 12.3. The van der Waals surface area contributed by atoms with Gasteiger partial charge in [0.25, 0.3) is 0 Å². The van der Waals surface area contributed by atoms with Crippen LogP contribution in [-0.2, 0) is 11.2 Å². The van der Waals surface area contributed by atoms with Gasteiger partial charge in [-0.25, -0.2) is 4.79 Å². The molecule has 7 heteroatoms. The average molecular weight is 383 g/mol. The molecule has 150 valence electrons. The van der Waals surface area contributed by atoms with E-state index < -0.39 is 0 Å². The molecule has 2 rings (SSSR count). The van der Waals surface area contributed by atoms with Crippen LogP contribution in [0.5, 0.6) is 0 Å². The third kappa shape index (κ3) is 6.66. The summed E-state index contributed by atoms with van der Waals surface area (Å²) in [4.78, 5) is 30.5. The Labute approximate surface area is 166 Å². The van der Waals surface area contributed by atoms with Crippen molar-refractivity contribution in [1.82, 2.24) is 15.2 Å². The number of nitrogens with zero attached hydrogens (tertiary/aromatic N) is 2. The van der Waals surface area contributed by atoms with Gasteiger partial charge in [0.2, 0.25) is 5.91 Å². The van der Waals surface area contributed by atoms with E-state index in [1.54, 1.807) is 17.2 Å². The maximum Gasteiger partial charge on any atom is 0.319 e. The topological polar surface area (TPSA) is 86.4 Å². The van der Waals surface area contributed by atoms with Gasteiger partial charge in [0, 0.05) is 35.7 Å². The first-order valence-corrected chi connectivity index (χ1v) is 9.28. The number of aryl methyl sites for hydroxylation is 2. The summed E-state index contributed by atoms with van der Waals surface area (Å²) >= 11 is 0. The van der Waals surface area contributed by atoms with Crippen LogP contribution in [0.15, 0.2) is 36.5 Å². The van der Waals surface area contributed by atoms with Crippen LogP contribution in [0.2, 0.25) is 0 Å². The molecule has 28 heavy (non-hydrogen) atoms. The number of urea groups is 1. The first kappa shape index (κ1) is 21.4. The largest absolute Gasteiger partial charge is 0.335 e. The van der Waals surface area contributed by atoms with Crippen LogP contribution in [0.25, 0.3) is 0 Å². The molecule has 0 aliphatic carbocycles. The number of aromatic nitrogens is 1. The average Bonchev–Trinajstić information content (AvgIpc) is 2.59. The molecule has 0 saturated heterocycles. The van der Waals surface area contributed by atoms with E-state index in [1.165, 1.54) is 0 Å². The first-order valence-electron chi connectivity index (χ1n) is 9.28. The fourth-order valence-electron chi connectivity index (χ4n) is 2.78. The van der Waals surface area contributed by atoms with Gasteiger partial charge in [0.05, 0.1) is 6.54 Å². The summed E-state index contributed by atoms with van der Waals surface area (Å²) in [5.74, 6) is -0.103. The highest BCUT2D eigenvalue weighted by Crippen LogP contribution is 2.20. The molecule has 3 N–H and O–H groups in total. The molecule has 3 amide bonds. The number of carbonyl (C=O) groups excluding carboxylic acids is 2. The van der Waals surface area contributed by atoms with Crippen molar-refractivity contribution in [2.24, 2.45) is 0 Å². The number of benzene rings is 1. The molecular weight excluding hydrogens is 354 g/mol. The van der Waals surface area contributed by atoms with E-state index in [-0.39, 0.29) is 18.0 Å². The van der Waals surface area contributed by atoms with Crippen molar-refractivity contribution in [3.8, 4) is 0 Å². The lowest BCUT2D eigenvalue weighted by Crippen LogP contribution is -2.37. The summed E-state index contributed by atoms with van der Waals surface area (Å²) in [6.07, 6.45) is 2.41. The lowest BCUT2D eigenvalue weighted by Gasteiger charge is -2.16. The monoisotopic (exact) mass is 383 g/mol. The van der Waals surface area contributed by atoms with Gasteiger partial charge in [-0.2, -0.15) is 0 Å². The zero-order valence-electron chi connectivity index (χ0n) is 17.2. The molecule has 2 aromatic rings. The standard InChI is InChI=1S/C21H29N5O2/c1-14-7-6-10-22-18(14)11-16(3)23-21(28)24-17-9-8-15(2)19(12-17)25-20(27)13-26(4)5/h6-10,12,16H,11,13H2,1-5H3,(H,25,27)(H2,23,24,28). The number of hydrogen-bond donors (Lipinski definition) is 3. The van der Waals surface area contributed by atoms with E-state index in [2.05, 4.69) is 20.9 Å². The van der Waals surface area contributed by atoms with Gasteiger partial charge in [0.15, 0.2) is 0 Å². The molecule has 0 radical (unpaired) electrons. The fraction of sp³-hybridized carbons (Fsp3) is 0.381. The van der Waals surface area contributed by atoms with Crippen molar-refractivity contribution in [3.05, 3.63) is 53.3 Å². The highest BCUT2D eigenvalue weighted by molar-refractivity contribution is 5.95.